The second kappa shape index (κ2) is 6.69. The lowest BCUT2D eigenvalue weighted by Crippen LogP contribution is -2.44. The molecule has 1 aromatic rings. The van der Waals surface area contributed by atoms with Crippen LogP contribution in [0.25, 0.3) is 0 Å². The van der Waals surface area contributed by atoms with E-state index in [1.165, 1.54) is 12.1 Å². The first-order valence-electron chi connectivity index (χ1n) is 6.78. The van der Waals surface area contributed by atoms with Gasteiger partial charge in [-0.05, 0) is 12.1 Å². The summed E-state index contributed by atoms with van der Waals surface area (Å²) in [6.45, 7) is -1.27. The molecular formula is C14H12F3N3O4. The predicted octanol–water partition coefficient (Wildman–Crippen LogP) is 0.0773. The Morgan fingerprint density at radius 3 is 1.96 bits per heavy atom. The van der Waals surface area contributed by atoms with Gasteiger partial charge < -0.3 is 10.6 Å². The molecule has 0 bridgehead atoms. The van der Waals surface area contributed by atoms with Gasteiger partial charge in [0.25, 0.3) is 11.8 Å². The highest BCUT2D eigenvalue weighted by molar-refractivity contribution is 6.22. The molecule has 0 saturated heterocycles. The Morgan fingerprint density at radius 2 is 1.46 bits per heavy atom. The summed E-state index contributed by atoms with van der Waals surface area (Å²) in [6, 6.07) is 6.08. The largest absolute Gasteiger partial charge is 0.471 e. The Labute approximate surface area is 133 Å². The number of benzene rings is 1. The van der Waals surface area contributed by atoms with Crippen molar-refractivity contribution < 1.29 is 32.3 Å². The van der Waals surface area contributed by atoms with E-state index in [4.69, 9.17) is 0 Å². The fourth-order valence-electron chi connectivity index (χ4n) is 2.06. The summed E-state index contributed by atoms with van der Waals surface area (Å²) in [5.74, 6) is -4.07. The Bertz CT molecular complexity index is 668. The van der Waals surface area contributed by atoms with Gasteiger partial charge in [-0.2, -0.15) is 13.2 Å². The smallest absolute Gasteiger partial charge is 0.353 e. The molecule has 0 aromatic heterocycles. The molecule has 0 unspecified atom stereocenters. The number of hydrogen-bond donors (Lipinski definition) is 2. The topological polar surface area (TPSA) is 95.6 Å². The predicted molar refractivity (Wildman–Crippen MR) is 73.9 cm³/mol. The molecule has 0 radical (unpaired) electrons. The molecule has 0 saturated carbocycles. The molecular weight excluding hydrogens is 331 g/mol. The maximum atomic E-state index is 12.0. The average Bonchev–Trinajstić information content (AvgIpc) is 2.76. The van der Waals surface area contributed by atoms with Crippen molar-refractivity contribution in [1.29, 1.82) is 0 Å². The Kier molecular flexibility index (Phi) is 4.86. The number of carbonyl (C=O) groups is 4. The van der Waals surface area contributed by atoms with Crippen LogP contribution in [0, 0.1) is 0 Å². The highest BCUT2D eigenvalue weighted by atomic mass is 19.4. The molecule has 0 aliphatic carbocycles. The van der Waals surface area contributed by atoms with Crippen molar-refractivity contribution in [1.82, 2.24) is 15.5 Å². The van der Waals surface area contributed by atoms with E-state index in [2.05, 4.69) is 5.32 Å². The molecule has 0 atom stereocenters. The van der Waals surface area contributed by atoms with E-state index in [0.29, 0.717) is 0 Å². The lowest BCUT2D eigenvalue weighted by atomic mass is 10.1. The van der Waals surface area contributed by atoms with Gasteiger partial charge in [-0.25, -0.2) is 0 Å². The number of rotatable bonds is 5. The quantitative estimate of drug-likeness (QED) is 0.585. The monoisotopic (exact) mass is 343 g/mol. The number of nitrogens with one attached hydrogen (secondary N) is 2. The van der Waals surface area contributed by atoms with Crippen molar-refractivity contribution in [3.63, 3.8) is 0 Å². The molecule has 1 aliphatic heterocycles. The first-order valence-corrected chi connectivity index (χ1v) is 6.78. The molecule has 1 aliphatic rings. The van der Waals surface area contributed by atoms with Crippen LogP contribution in [0.5, 0.6) is 0 Å². The number of carbonyl (C=O) groups excluding carboxylic acids is 4. The standard InChI is InChI=1S/C14H12F3N3O4/c15-14(16,17)13(24)19-6-5-18-10(21)7-20-11(22)8-3-1-2-4-9(8)12(20)23/h1-4H,5-7H2,(H,18,21)(H,19,24). The highest BCUT2D eigenvalue weighted by Gasteiger charge is 2.38. The van der Waals surface area contributed by atoms with Gasteiger partial charge in [0, 0.05) is 13.1 Å². The minimum atomic E-state index is -5.00. The normalized spacial score (nSPS) is 13.7. The van der Waals surface area contributed by atoms with Crippen LogP contribution in [-0.4, -0.2) is 54.3 Å². The van der Waals surface area contributed by atoms with Gasteiger partial charge >= 0.3 is 12.1 Å². The van der Waals surface area contributed by atoms with Crippen LogP contribution in [0.15, 0.2) is 24.3 Å². The van der Waals surface area contributed by atoms with Crippen LogP contribution in [0.1, 0.15) is 20.7 Å². The number of imide groups is 1. The van der Waals surface area contributed by atoms with Crippen LogP contribution in [-0.2, 0) is 9.59 Å². The van der Waals surface area contributed by atoms with Crippen LogP contribution in [0.4, 0.5) is 13.2 Å². The van der Waals surface area contributed by atoms with Gasteiger partial charge in [0.15, 0.2) is 0 Å². The third-order valence-corrected chi connectivity index (χ3v) is 3.17. The van der Waals surface area contributed by atoms with E-state index >= 15 is 0 Å². The number of fused-ring (bicyclic) bond motifs is 1. The Hall–Kier alpha value is -2.91. The summed E-state index contributed by atoms with van der Waals surface area (Å²) in [5, 5.41) is 3.79. The van der Waals surface area contributed by atoms with Crippen LogP contribution in [0.2, 0.25) is 0 Å². The van der Waals surface area contributed by atoms with E-state index in [0.717, 1.165) is 4.90 Å². The van der Waals surface area contributed by atoms with Crippen molar-refractivity contribution in [2.75, 3.05) is 19.6 Å². The molecule has 2 N–H and O–H groups in total. The van der Waals surface area contributed by atoms with E-state index in [1.54, 1.807) is 17.4 Å². The number of hydrogen-bond acceptors (Lipinski definition) is 4. The zero-order chi connectivity index (χ0) is 17.9. The van der Waals surface area contributed by atoms with Gasteiger partial charge in [-0.3, -0.25) is 24.1 Å². The lowest BCUT2D eigenvalue weighted by molar-refractivity contribution is -0.173. The molecule has 2 rings (SSSR count). The van der Waals surface area contributed by atoms with Gasteiger partial charge in [0.2, 0.25) is 5.91 Å². The van der Waals surface area contributed by atoms with Gasteiger partial charge in [-0.15, -0.1) is 0 Å². The summed E-state index contributed by atoms with van der Waals surface area (Å²) in [4.78, 5) is 47.0. The van der Waals surface area contributed by atoms with E-state index in [-0.39, 0.29) is 17.7 Å². The minimum absolute atomic E-state index is 0.188. The van der Waals surface area contributed by atoms with Gasteiger partial charge in [0.05, 0.1) is 11.1 Å². The molecule has 1 heterocycles. The summed E-state index contributed by atoms with van der Waals surface area (Å²) in [6.07, 6.45) is -5.00. The lowest BCUT2D eigenvalue weighted by Gasteiger charge is -2.14. The molecule has 0 spiro atoms. The van der Waals surface area contributed by atoms with Crippen molar-refractivity contribution >= 4 is 23.6 Å². The second-order valence-electron chi connectivity index (χ2n) is 4.85. The fraction of sp³-hybridized carbons (Fsp3) is 0.286. The van der Waals surface area contributed by atoms with E-state index in [1.807, 2.05) is 0 Å². The summed E-state index contributed by atoms with van der Waals surface area (Å²) in [7, 11) is 0. The first-order chi connectivity index (χ1) is 11.2. The molecule has 0 fully saturated rings. The number of halogens is 3. The van der Waals surface area contributed by atoms with Crippen LogP contribution < -0.4 is 10.6 Å². The minimum Gasteiger partial charge on any atom is -0.353 e. The summed E-state index contributed by atoms with van der Waals surface area (Å²) >= 11 is 0. The number of alkyl halides is 3. The zero-order valence-corrected chi connectivity index (χ0v) is 12.1. The molecule has 7 nitrogen and oxygen atoms in total. The fourth-order valence-corrected chi connectivity index (χ4v) is 2.06. The molecule has 1 aromatic carbocycles. The van der Waals surface area contributed by atoms with Crippen LogP contribution >= 0.6 is 0 Å². The third kappa shape index (κ3) is 3.70. The Balaban J connectivity index is 1.81. The van der Waals surface area contributed by atoms with Crippen molar-refractivity contribution in [3.8, 4) is 0 Å². The SMILES string of the molecule is O=C(CN1C(=O)c2ccccc2C1=O)NCCNC(=O)C(F)(F)F. The van der Waals surface area contributed by atoms with Crippen molar-refractivity contribution in [2.24, 2.45) is 0 Å². The summed E-state index contributed by atoms with van der Waals surface area (Å²) < 4.78 is 35.8. The first kappa shape index (κ1) is 17.4. The Morgan fingerprint density at radius 1 is 0.958 bits per heavy atom. The number of amides is 4. The van der Waals surface area contributed by atoms with Gasteiger partial charge in [-0.1, -0.05) is 12.1 Å². The van der Waals surface area contributed by atoms with Crippen molar-refractivity contribution in [3.05, 3.63) is 35.4 Å². The highest BCUT2D eigenvalue weighted by Crippen LogP contribution is 2.21. The van der Waals surface area contributed by atoms with Gasteiger partial charge in [0.1, 0.15) is 6.54 Å². The zero-order valence-electron chi connectivity index (χ0n) is 12.1. The van der Waals surface area contributed by atoms with Crippen molar-refractivity contribution in [2.45, 2.75) is 6.18 Å². The molecule has 10 heteroatoms. The van der Waals surface area contributed by atoms with E-state index in [9.17, 15) is 32.3 Å². The summed E-state index contributed by atoms with van der Waals surface area (Å²) in [5.41, 5.74) is 0.375. The van der Waals surface area contributed by atoms with E-state index < -0.39 is 42.9 Å². The van der Waals surface area contributed by atoms with Crippen LogP contribution in [0.3, 0.4) is 0 Å². The number of nitrogens with zero attached hydrogens (tertiary/aromatic N) is 1. The average molecular weight is 343 g/mol. The molecule has 4 amide bonds. The maximum absolute atomic E-state index is 12.0. The molecule has 128 valence electrons. The second-order valence-corrected chi connectivity index (χ2v) is 4.85. The third-order valence-electron chi connectivity index (χ3n) is 3.17. The maximum Gasteiger partial charge on any atom is 0.471 e. The molecule has 24 heavy (non-hydrogen) atoms.